The predicted octanol–water partition coefficient (Wildman–Crippen LogP) is 4.56. The van der Waals surface area contributed by atoms with Crippen molar-refractivity contribution in [1.29, 1.82) is 0 Å². The summed E-state index contributed by atoms with van der Waals surface area (Å²) in [5.74, 6) is -1.87. The molecular formula is C17H32O4. The Balaban J connectivity index is 3.48. The molecule has 0 saturated carbocycles. The molecule has 0 saturated heterocycles. The van der Waals surface area contributed by atoms with Crippen LogP contribution in [-0.2, 0) is 14.3 Å². The first-order chi connectivity index (χ1) is 9.99. The Labute approximate surface area is 129 Å². The molecule has 0 aromatic carbocycles. The largest absolute Gasteiger partial charge is 0.481 e. The van der Waals surface area contributed by atoms with Crippen molar-refractivity contribution in [1.82, 2.24) is 0 Å². The molecule has 0 aromatic rings. The molecule has 0 spiro atoms. The fraction of sp³-hybridized carbons (Fsp3) is 0.882. The average molecular weight is 300 g/mol. The number of ether oxygens (including phenoxy) is 1. The lowest BCUT2D eigenvalue weighted by atomic mass is 10.1. The highest BCUT2D eigenvalue weighted by molar-refractivity contribution is 5.72. The highest BCUT2D eigenvalue weighted by atomic mass is 16.5. The van der Waals surface area contributed by atoms with Gasteiger partial charge >= 0.3 is 11.9 Å². The van der Waals surface area contributed by atoms with Crippen LogP contribution in [0.2, 0.25) is 0 Å². The van der Waals surface area contributed by atoms with E-state index in [1.54, 1.807) is 13.8 Å². The van der Waals surface area contributed by atoms with Gasteiger partial charge in [0, 0.05) is 6.42 Å². The third-order valence-corrected chi connectivity index (χ3v) is 3.90. The zero-order valence-corrected chi connectivity index (χ0v) is 13.9. The van der Waals surface area contributed by atoms with Gasteiger partial charge in [0.1, 0.15) is 6.10 Å². The Morgan fingerprint density at radius 2 is 1.38 bits per heavy atom. The average Bonchev–Trinajstić information content (AvgIpc) is 2.44. The number of esters is 1. The number of carbonyl (C=O) groups is 2. The van der Waals surface area contributed by atoms with Crippen molar-refractivity contribution < 1.29 is 19.4 Å². The number of carboxylic acids is 1. The van der Waals surface area contributed by atoms with Gasteiger partial charge in [0.25, 0.3) is 0 Å². The first-order valence-electron chi connectivity index (χ1n) is 8.41. The van der Waals surface area contributed by atoms with Gasteiger partial charge in [0.2, 0.25) is 0 Å². The van der Waals surface area contributed by atoms with Crippen LogP contribution in [0.3, 0.4) is 0 Å². The molecule has 4 nitrogen and oxygen atoms in total. The molecular weight excluding hydrogens is 268 g/mol. The molecule has 0 aliphatic rings. The maximum atomic E-state index is 11.6. The van der Waals surface area contributed by atoms with E-state index in [2.05, 4.69) is 6.92 Å². The lowest BCUT2D eigenvalue weighted by Gasteiger charge is -2.16. The van der Waals surface area contributed by atoms with Crippen molar-refractivity contribution in [3.63, 3.8) is 0 Å². The van der Waals surface area contributed by atoms with E-state index in [9.17, 15) is 9.59 Å². The Morgan fingerprint density at radius 1 is 0.905 bits per heavy atom. The number of rotatable bonds is 13. The molecule has 0 aromatic heterocycles. The molecule has 0 amide bonds. The van der Waals surface area contributed by atoms with Crippen molar-refractivity contribution in [3.05, 3.63) is 0 Å². The minimum Gasteiger partial charge on any atom is -0.481 e. The predicted molar refractivity (Wildman–Crippen MR) is 84.2 cm³/mol. The highest BCUT2D eigenvalue weighted by Crippen LogP contribution is 2.12. The van der Waals surface area contributed by atoms with Gasteiger partial charge in [0.05, 0.1) is 5.92 Å². The van der Waals surface area contributed by atoms with Crippen molar-refractivity contribution in [2.24, 2.45) is 5.92 Å². The van der Waals surface area contributed by atoms with E-state index in [4.69, 9.17) is 9.84 Å². The number of unbranched alkanes of at least 4 members (excludes halogenated alkanes) is 8. The van der Waals surface area contributed by atoms with Gasteiger partial charge in [-0.25, -0.2) is 0 Å². The van der Waals surface area contributed by atoms with Gasteiger partial charge in [-0.2, -0.15) is 0 Å². The molecule has 1 N–H and O–H groups in total. The summed E-state index contributed by atoms with van der Waals surface area (Å²) in [4.78, 5) is 22.3. The Bertz CT molecular complexity index is 289. The first-order valence-corrected chi connectivity index (χ1v) is 8.41. The second kappa shape index (κ2) is 12.7. The molecule has 0 radical (unpaired) electrons. The van der Waals surface area contributed by atoms with E-state index in [0.29, 0.717) is 6.42 Å². The van der Waals surface area contributed by atoms with Crippen LogP contribution in [0.1, 0.15) is 85.0 Å². The van der Waals surface area contributed by atoms with E-state index >= 15 is 0 Å². The Kier molecular flexibility index (Phi) is 12.0. The molecule has 0 rings (SSSR count). The zero-order chi connectivity index (χ0) is 16.1. The summed E-state index contributed by atoms with van der Waals surface area (Å²) in [5, 5.41) is 8.82. The summed E-state index contributed by atoms with van der Waals surface area (Å²) in [6.45, 7) is 5.41. The van der Waals surface area contributed by atoms with Crippen LogP contribution in [0.4, 0.5) is 0 Å². The molecule has 0 heterocycles. The molecule has 4 heteroatoms. The summed E-state index contributed by atoms with van der Waals surface area (Å²) in [6, 6.07) is 0. The maximum Gasteiger partial charge on any atom is 0.309 e. The van der Waals surface area contributed by atoms with Crippen molar-refractivity contribution in [2.75, 3.05) is 0 Å². The number of carboxylic acid groups (broad SMARTS) is 1. The van der Waals surface area contributed by atoms with Crippen LogP contribution >= 0.6 is 0 Å². The smallest absolute Gasteiger partial charge is 0.309 e. The van der Waals surface area contributed by atoms with E-state index in [0.717, 1.165) is 12.8 Å². The van der Waals surface area contributed by atoms with Crippen LogP contribution in [0, 0.1) is 5.92 Å². The minimum absolute atomic E-state index is 0.279. The number of hydrogen-bond acceptors (Lipinski definition) is 3. The zero-order valence-electron chi connectivity index (χ0n) is 13.9. The van der Waals surface area contributed by atoms with Gasteiger partial charge in [-0.15, -0.1) is 0 Å². The number of hydrogen-bond donors (Lipinski definition) is 1. The number of carbonyl (C=O) groups excluding carboxylic acids is 1. The monoisotopic (exact) mass is 300 g/mol. The Hall–Kier alpha value is -1.06. The Morgan fingerprint density at radius 3 is 1.86 bits per heavy atom. The van der Waals surface area contributed by atoms with Gasteiger partial charge in [-0.05, 0) is 20.3 Å². The quantitative estimate of drug-likeness (QED) is 0.400. The summed E-state index contributed by atoms with van der Waals surface area (Å²) in [6.07, 6.45) is 10.7. The SMILES string of the molecule is CCCCCCCCCCCC(=O)O[C@H](C)C(C)C(=O)O. The second-order valence-corrected chi connectivity index (χ2v) is 5.90. The van der Waals surface area contributed by atoms with Crippen LogP contribution in [-0.4, -0.2) is 23.1 Å². The van der Waals surface area contributed by atoms with Crippen molar-refractivity contribution in [2.45, 2.75) is 91.1 Å². The minimum atomic E-state index is -0.932. The third kappa shape index (κ3) is 11.3. The molecule has 0 aliphatic carbocycles. The fourth-order valence-corrected chi connectivity index (χ4v) is 2.15. The van der Waals surface area contributed by atoms with Crippen molar-refractivity contribution in [3.8, 4) is 0 Å². The molecule has 0 fully saturated rings. The van der Waals surface area contributed by atoms with Crippen molar-refractivity contribution >= 4 is 11.9 Å². The standard InChI is InChI=1S/C17H32O4/c1-4-5-6-7-8-9-10-11-12-13-16(18)21-15(3)14(2)17(19)20/h14-15H,4-13H2,1-3H3,(H,19,20)/t14?,15-/m1/s1. The fourth-order valence-electron chi connectivity index (χ4n) is 2.15. The van der Waals surface area contributed by atoms with Crippen LogP contribution in [0.25, 0.3) is 0 Å². The topological polar surface area (TPSA) is 63.6 Å². The van der Waals surface area contributed by atoms with Gasteiger partial charge in [0.15, 0.2) is 0 Å². The van der Waals surface area contributed by atoms with Crippen LogP contribution in [0.5, 0.6) is 0 Å². The molecule has 21 heavy (non-hydrogen) atoms. The lowest BCUT2D eigenvalue weighted by Crippen LogP contribution is -2.27. The van der Waals surface area contributed by atoms with Gasteiger partial charge < -0.3 is 9.84 Å². The van der Waals surface area contributed by atoms with Gasteiger partial charge in [-0.1, -0.05) is 58.3 Å². The van der Waals surface area contributed by atoms with Gasteiger partial charge in [-0.3, -0.25) is 9.59 Å². The summed E-state index contributed by atoms with van der Waals surface area (Å²) < 4.78 is 5.13. The normalized spacial score (nSPS) is 13.7. The maximum absolute atomic E-state index is 11.6. The van der Waals surface area contributed by atoms with E-state index in [1.165, 1.54) is 44.9 Å². The molecule has 0 aliphatic heterocycles. The number of aliphatic carboxylic acids is 1. The van der Waals surface area contributed by atoms with E-state index in [1.807, 2.05) is 0 Å². The molecule has 1 unspecified atom stereocenters. The third-order valence-electron chi connectivity index (χ3n) is 3.90. The molecule has 0 bridgehead atoms. The first kappa shape index (κ1) is 19.9. The molecule has 124 valence electrons. The lowest BCUT2D eigenvalue weighted by molar-refractivity contribution is -0.156. The highest BCUT2D eigenvalue weighted by Gasteiger charge is 2.22. The summed E-state index contributed by atoms with van der Waals surface area (Å²) in [5.41, 5.74) is 0. The summed E-state index contributed by atoms with van der Waals surface area (Å²) >= 11 is 0. The molecule has 2 atom stereocenters. The van der Waals surface area contributed by atoms with E-state index in [-0.39, 0.29) is 5.97 Å². The second-order valence-electron chi connectivity index (χ2n) is 5.90. The van der Waals surface area contributed by atoms with Crippen LogP contribution in [0.15, 0.2) is 0 Å². The summed E-state index contributed by atoms with van der Waals surface area (Å²) in [7, 11) is 0. The van der Waals surface area contributed by atoms with Crippen LogP contribution < -0.4 is 0 Å². The van der Waals surface area contributed by atoms with E-state index < -0.39 is 18.0 Å².